The molecule has 0 aromatic heterocycles. The Hall–Kier alpha value is -1.49. The molecule has 0 aliphatic rings. The molecule has 0 atom stereocenters. The second kappa shape index (κ2) is 6.63. The monoisotopic (exact) mass is 149 g/mol. The number of hydrogen-bond donors (Lipinski definition) is 0. The van der Waals surface area contributed by atoms with Crippen LogP contribution in [-0.4, -0.2) is 0 Å². The minimum Gasteiger partial charge on any atom is -0.389 e. The van der Waals surface area contributed by atoms with Crippen LogP contribution < -0.4 is 0 Å². The van der Waals surface area contributed by atoms with Crippen molar-refractivity contribution in [1.29, 1.82) is 5.26 Å². The summed E-state index contributed by atoms with van der Waals surface area (Å²) in [6, 6.07) is 0. The first-order valence-electron chi connectivity index (χ1n) is 3.39. The number of hydrogen-bond acceptors (Lipinski definition) is 2. The van der Waals surface area contributed by atoms with Crippen LogP contribution in [0.4, 0.5) is 0 Å². The van der Waals surface area contributed by atoms with Crippen molar-refractivity contribution in [1.82, 2.24) is 0 Å². The summed E-state index contributed by atoms with van der Waals surface area (Å²) in [4.78, 5) is 0. The molecule has 2 nitrogen and oxygen atoms in total. The highest BCUT2D eigenvalue weighted by molar-refractivity contribution is 5.14. The van der Waals surface area contributed by atoms with E-state index in [0.29, 0.717) is 5.76 Å². The van der Waals surface area contributed by atoms with E-state index in [1.807, 2.05) is 19.1 Å². The van der Waals surface area contributed by atoms with E-state index in [4.69, 9.17) is 5.26 Å². The van der Waals surface area contributed by atoms with Crippen molar-refractivity contribution in [2.24, 2.45) is 0 Å². The fourth-order valence-corrected chi connectivity index (χ4v) is 0.470. The minimum atomic E-state index is 0.355. The van der Waals surface area contributed by atoms with Crippen LogP contribution in [0.15, 0.2) is 36.6 Å². The molecule has 0 unspecified atom stereocenters. The maximum absolute atomic E-state index is 8.05. The lowest BCUT2D eigenvalue weighted by Crippen LogP contribution is -1.74. The van der Waals surface area contributed by atoms with Gasteiger partial charge in [0.2, 0.25) is 0 Å². The molecule has 0 heterocycles. The van der Waals surface area contributed by atoms with Crippen LogP contribution in [0.3, 0.4) is 0 Å². The number of nitrogens with zero attached hydrogens (tertiary/aromatic N) is 1. The molecule has 0 aliphatic carbocycles. The maximum atomic E-state index is 8.05. The van der Waals surface area contributed by atoms with Gasteiger partial charge in [0.05, 0.1) is 0 Å². The van der Waals surface area contributed by atoms with Gasteiger partial charge in [0.25, 0.3) is 6.26 Å². The third kappa shape index (κ3) is 6.39. The molecule has 0 saturated carbocycles. The van der Waals surface area contributed by atoms with Crippen molar-refractivity contribution in [2.75, 3.05) is 0 Å². The van der Waals surface area contributed by atoms with Crippen LogP contribution in [0.2, 0.25) is 0 Å². The number of allylic oxidation sites excluding steroid dienone is 4. The van der Waals surface area contributed by atoms with E-state index in [9.17, 15) is 0 Å². The Morgan fingerprint density at radius 3 is 2.91 bits per heavy atom. The van der Waals surface area contributed by atoms with Crippen molar-refractivity contribution >= 4 is 0 Å². The zero-order valence-corrected chi connectivity index (χ0v) is 6.58. The minimum absolute atomic E-state index is 0.355. The average Bonchev–Trinajstić information content (AvgIpc) is 1.99. The van der Waals surface area contributed by atoms with Gasteiger partial charge in [-0.05, 0) is 12.5 Å². The van der Waals surface area contributed by atoms with Crippen LogP contribution in [-0.2, 0) is 4.74 Å². The largest absolute Gasteiger partial charge is 0.389 e. The first kappa shape index (κ1) is 9.51. The third-order valence-electron chi connectivity index (χ3n) is 0.942. The second-order valence-electron chi connectivity index (χ2n) is 1.86. The lowest BCUT2D eigenvalue weighted by molar-refractivity contribution is 0.395. The Morgan fingerprint density at radius 1 is 1.64 bits per heavy atom. The Morgan fingerprint density at radius 2 is 2.36 bits per heavy atom. The van der Waals surface area contributed by atoms with Gasteiger partial charge in [-0.2, -0.15) is 0 Å². The first-order valence-corrected chi connectivity index (χ1v) is 3.39. The van der Waals surface area contributed by atoms with E-state index < -0.39 is 0 Å². The van der Waals surface area contributed by atoms with Crippen molar-refractivity contribution in [3.05, 3.63) is 36.6 Å². The van der Waals surface area contributed by atoms with Crippen molar-refractivity contribution in [3.63, 3.8) is 0 Å². The zero-order valence-electron chi connectivity index (χ0n) is 6.58. The topological polar surface area (TPSA) is 33.0 Å². The predicted octanol–water partition coefficient (Wildman–Crippen LogP) is 2.52. The van der Waals surface area contributed by atoms with Crippen LogP contribution in [0.5, 0.6) is 0 Å². The zero-order chi connectivity index (χ0) is 8.53. The molecule has 2 heteroatoms. The summed E-state index contributed by atoms with van der Waals surface area (Å²) in [6.07, 6.45) is 9.82. The summed E-state index contributed by atoms with van der Waals surface area (Å²) in [5.74, 6) is 0.355. The normalized spacial score (nSPS) is 10.2. The molecule has 0 saturated heterocycles. The Labute approximate surface area is 67.1 Å². The average molecular weight is 149 g/mol. The van der Waals surface area contributed by atoms with E-state index >= 15 is 0 Å². The van der Waals surface area contributed by atoms with Crippen molar-refractivity contribution in [3.8, 4) is 6.26 Å². The van der Waals surface area contributed by atoms with Crippen LogP contribution in [0.1, 0.15) is 13.3 Å². The van der Waals surface area contributed by atoms with E-state index in [0.717, 1.165) is 6.42 Å². The van der Waals surface area contributed by atoms with E-state index in [1.165, 1.54) is 6.26 Å². The molecule has 0 fully saturated rings. The highest BCUT2D eigenvalue weighted by Crippen LogP contribution is 1.94. The standard InChI is InChI=1S/C9H11NO/c1-3-4-5-6-7-9(2)11-8-10/h4-7H,2-3H2,1H3/b5-4-,7-6-. The Balaban J connectivity index is 3.67. The SMILES string of the molecule is C=C(/C=C\C=C/CC)OC#N. The lowest BCUT2D eigenvalue weighted by atomic mass is 10.4. The quantitative estimate of drug-likeness (QED) is 0.349. The first-order chi connectivity index (χ1) is 5.31. The van der Waals surface area contributed by atoms with Gasteiger partial charge in [-0.25, -0.2) is 0 Å². The molecule has 11 heavy (non-hydrogen) atoms. The maximum Gasteiger partial charge on any atom is 0.292 e. The molecule has 0 N–H and O–H groups in total. The smallest absolute Gasteiger partial charge is 0.292 e. The van der Waals surface area contributed by atoms with Crippen molar-refractivity contribution in [2.45, 2.75) is 13.3 Å². The van der Waals surface area contributed by atoms with Gasteiger partial charge in [0.15, 0.2) is 0 Å². The summed E-state index contributed by atoms with van der Waals surface area (Å²) >= 11 is 0. The van der Waals surface area contributed by atoms with Gasteiger partial charge in [0.1, 0.15) is 5.76 Å². The third-order valence-corrected chi connectivity index (χ3v) is 0.942. The van der Waals surface area contributed by atoms with Gasteiger partial charge in [0, 0.05) is 0 Å². The highest BCUT2D eigenvalue weighted by atomic mass is 16.5. The van der Waals surface area contributed by atoms with Crippen molar-refractivity contribution < 1.29 is 4.74 Å². The fraction of sp³-hybridized carbons (Fsp3) is 0.222. The van der Waals surface area contributed by atoms with E-state index in [-0.39, 0.29) is 0 Å². The molecular formula is C9H11NO. The van der Waals surface area contributed by atoms with Crippen LogP contribution in [0, 0.1) is 11.5 Å². The molecule has 0 spiro atoms. The van der Waals surface area contributed by atoms with Gasteiger partial charge in [-0.3, -0.25) is 0 Å². The molecular weight excluding hydrogens is 138 g/mol. The Kier molecular flexibility index (Phi) is 5.73. The predicted molar refractivity (Wildman–Crippen MR) is 44.4 cm³/mol. The number of ether oxygens (including phenoxy) is 1. The molecule has 0 aliphatic heterocycles. The summed E-state index contributed by atoms with van der Waals surface area (Å²) in [5.41, 5.74) is 0. The second-order valence-corrected chi connectivity index (χ2v) is 1.86. The summed E-state index contributed by atoms with van der Waals surface area (Å²) in [7, 11) is 0. The highest BCUT2D eigenvalue weighted by Gasteiger charge is 1.81. The fourth-order valence-electron chi connectivity index (χ4n) is 0.470. The number of nitriles is 1. The molecule has 58 valence electrons. The van der Waals surface area contributed by atoms with Gasteiger partial charge >= 0.3 is 0 Å². The summed E-state index contributed by atoms with van der Waals surface area (Å²) in [5, 5.41) is 8.05. The Bertz CT molecular complexity index is 208. The summed E-state index contributed by atoms with van der Waals surface area (Å²) < 4.78 is 4.41. The molecule has 0 amide bonds. The van der Waals surface area contributed by atoms with Crippen LogP contribution in [0.25, 0.3) is 0 Å². The number of rotatable bonds is 4. The van der Waals surface area contributed by atoms with Gasteiger partial charge < -0.3 is 4.74 Å². The molecule has 0 rings (SSSR count). The molecule has 0 radical (unpaired) electrons. The van der Waals surface area contributed by atoms with Gasteiger partial charge in [-0.1, -0.05) is 31.7 Å². The summed E-state index contributed by atoms with van der Waals surface area (Å²) in [6.45, 7) is 5.52. The lowest BCUT2D eigenvalue weighted by Gasteiger charge is -1.88. The van der Waals surface area contributed by atoms with Crippen LogP contribution >= 0.6 is 0 Å². The molecule has 0 aromatic carbocycles. The van der Waals surface area contributed by atoms with Gasteiger partial charge in [-0.15, -0.1) is 5.26 Å². The molecule has 0 aromatic rings. The van der Waals surface area contributed by atoms with E-state index in [2.05, 4.69) is 11.3 Å². The molecule has 0 bridgehead atoms. The van der Waals surface area contributed by atoms with E-state index in [1.54, 1.807) is 12.2 Å².